The van der Waals surface area contributed by atoms with Gasteiger partial charge >= 0.3 is 0 Å². The molecule has 0 amide bonds. The molecule has 0 aliphatic rings. The Kier molecular flexibility index (Phi) is 3.20. The maximum absolute atomic E-state index is 5.87. The fourth-order valence-corrected chi connectivity index (χ4v) is 2.32. The van der Waals surface area contributed by atoms with E-state index in [4.69, 9.17) is 4.42 Å². The van der Waals surface area contributed by atoms with E-state index in [9.17, 15) is 0 Å². The van der Waals surface area contributed by atoms with Gasteiger partial charge in [-0.15, -0.1) is 0 Å². The fourth-order valence-electron chi connectivity index (χ4n) is 2.32. The minimum atomic E-state index is 0.154. The predicted molar refractivity (Wildman–Crippen MR) is 87.7 cm³/mol. The number of fused-ring (bicyclic) bond motifs is 1. The second-order valence-electron chi connectivity index (χ2n) is 6.28. The molecule has 0 saturated carbocycles. The zero-order valence-electron chi connectivity index (χ0n) is 12.9. The largest absolute Gasteiger partial charge is 0.436 e. The van der Waals surface area contributed by atoms with Crippen LogP contribution in [0, 0.1) is 0 Å². The molecule has 1 aromatic heterocycles. The number of nitrogens with one attached hydrogen (secondary N) is 1. The van der Waals surface area contributed by atoms with Crippen LogP contribution in [0.5, 0.6) is 0 Å². The Morgan fingerprint density at radius 3 is 2.33 bits per heavy atom. The van der Waals surface area contributed by atoms with Crippen molar-refractivity contribution in [3.8, 4) is 11.5 Å². The van der Waals surface area contributed by atoms with Crippen molar-refractivity contribution < 1.29 is 4.42 Å². The summed E-state index contributed by atoms with van der Waals surface area (Å²) in [6, 6.07) is 14.4. The van der Waals surface area contributed by atoms with Gasteiger partial charge in [0.2, 0.25) is 5.89 Å². The summed E-state index contributed by atoms with van der Waals surface area (Å²) in [6.07, 6.45) is 0. The molecule has 1 heterocycles. The van der Waals surface area contributed by atoms with Crippen molar-refractivity contribution in [2.24, 2.45) is 0 Å². The maximum Gasteiger partial charge on any atom is 0.227 e. The number of rotatable bonds is 2. The van der Waals surface area contributed by atoms with Crippen LogP contribution in [-0.4, -0.2) is 12.0 Å². The molecule has 0 bridgehead atoms. The molecule has 0 radical (unpaired) electrons. The van der Waals surface area contributed by atoms with Crippen LogP contribution in [0.4, 0.5) is 5.69 Å². The Balaban J connectivity index is 2.00. The van der Waals surface area contributed by atoms with E-state index in [0.29, 0.717) is 5.89 Å². The fraction of sp³-hybridized carbons (Fsp3) is 0.278. The van der Waals surface area contributed by atoms with Crippen molar-refractivity contribution in [3.05, 3.63) is 48.0 Å². The third-order valence-corrected chi connectivity index (χ3v) is 3.67. The van der Waals surface area contributed by atoms with Crippen LogP contribution in [0.15, 0.2) is 46.9 Å². The normalized spacial score (nSPS) is 11.8. The van der Waals surface area contributed by atoms with E-state index in [0.717, 1.165) is 22.4 Å². The van der Waals surface area contributed by atoms with Crippen LogP contribution >= 0.6 is 0 Å². The van der Waals surface area contributed by atoms with E-state index in [1.165, 1.54) is 5.56 Å². The third kappa shape index (κ3) is 2.64. The molecule has 0 unspecified atom stereocenters. The summed E-state index contributed by atoms with van der Waals surface area (Å²) in [5.41, 5.74) is 5.17. The zero-order chi connectivity index (χ0) is 15.0. The van der Waals surface area contributed by atoms with E-state index >= 15 is 0 Å². The van der Waals surface area contributed by atoms with Gasteiger partial charge in [-0.2, -0.15) is 0 Å². The highest BCUT2D eigenvalue weighted by molar-refractivity contribution is 5.79. The first-order chi connectivity index (χ1) is 9.97. The van der Waals surface area contributed by atoms with Crippen LogP contribution in [-0.2, 0) is 5.41 Å². The molecule has 3 nitrogen and oxygen atoms in total. The summed E-state index contributed by atoms with van der Waals surface area (Å²) in [5.74, 6) is 0.665. The molecule has 0 fully saturated rings. The molecular weight excluding hydrogens is 260 g/mol. The summed E-state index contributed by atoms with van der Waals surface area (Å²) < 4.78 is 5.87. The molecule has 3 rings (SSSR count). The van der Waals surface area contributed by atoms with Crippen molar-refractivity contribution >= 4 is 16.8 Å². The Morgan fingerprint density at radius 2 is 1.71 bits per heavy atom. The SMILES string of the molecule is CNc1ccc2nc(-c3ccc(C(C)(C)C)cc3)oc2c1. The van der Waals surface area contributed by atoms with Gasteiger partial charge in [0.15, 0.2) is 5.58 Å². The van der Waals surface area contributed by atoms with E-state index in [1.807, 2.05) is 25.2 Å². The second kappa shape index (κ2) is 4.92. The van der Waals surface area contributed by atoms with Crippen LogP contribution < -0.4 is 5.32 Å². The topological polar surface area (TPSA) is 38.1 Å². The lowest BCUT2D eigenvalue weighted by atomic mass is 9.87. The average molecular weight is 280 g/mol. The minimum Gasteiger partial charge on any atom is -0.436 e. The lowest BCUT2D eigenvalue weighted by Crippen LogP contribution is -2.10. The first-order valence-electron chi connectivity index (χ1n) is 7.16. The Hall–Kier alpha value is -2.29. The van der Waals surface area contributed by atoms with Gasteiger partial charge < -0.3 is 9.73 Å². The number of aromatic nitrogens is 1. The van der Waals surface area contributed by atoms with Crippen molar-refractivity contribution in [3.63, 3.8) is 0 Å². The van der Waals surface area contributed by atoms with Gasteiger partial charge in [0, 0.05) is 24.4 Å². The minimum absolute atomic E-state index is 0.154. The van der Waals surface area contributed by atoms with Gasteiger partial charge in [-0.1, -0.05) is 32.9 Å². The number of hydrogen-bond donors (Lipinski definition) is 1. The van der Waals surface area contributed by atoms with E-state index in [2.05, 4.69) is 55.3 Å². The van der Waals surface area contributed by atoms with E-state index < -0.39 is 0 Å². The summed E-state index contributed by atoms with van der Waals surface area (Å²) in [4.78, 5) is 4.56. The molecule has 0 aliphatic carbocycles. The highest BCUT2D eigenvalue weighted by Gasteiger charge is 2.14. The predicted octanol–water partition coefficient (Wildman–Crippen LogP) is 4.83. The number of hydrogen-bond acceptors (Lipinski definition) is 3. The number of benzene rings is 2. The third-order valence-electron chi connectivity index (χ3n) is 3.67. The highest BCUT2D eigenvalue weighted by atomic mass is 16.3. The molecule has 0 atom stereocenters. The Morgan fingerprint density at radius 1 is 1.00 bits per heavy atom. The first-order valence-corrected chi connectivity index (χ1v) is 7.16. The number of nitrogens with zero attached hydrogens (tertiary/aromatic N) is 1. The van der Waals surface area contributed by atoms with Crippen molar-refractivity contribution in [2.45, 2.75) is 26.2 Å². The molecule has 0 saturated heterocycles. The second-order valence-corrected chi connectivity index (χ2v) is 6.28. The molecule has 0 spiro atoms. The van der Waals surface area contributed by atoms with Gasteiger partial charge in [0.1, 0.15) is 5.52 Å². The van der Waals surface area contributed by atoms with Crippen LogP contribution in [0.2, 0.25) is 0 Å². The average Bonchev–Trinajstić information content (AvgIpc) is 2.89. The Bertz CT molecular complexity index is 764. The van der Waals surface area contributed by atoms with E-state index in [1.54, 1.807) is 0 Å². The van der Waals surface area contributed by atoms with Gasteiger partial charge in [-0.25, -0.2) is 4.98 Å². The maximum atomic E-state index is 5.87. The van der Waals surface area contributed by atoms with Crippen molar-refractivity contribution in [1.82, 2.24) is 4.98 Å². The smallest absolute Gasteiger partial charge is 0.227 e. The lowest BCUT2D eigenvalue weighted by molar-refractivity contribution is 0.589. The van der Waals surface area contributed by atoms with Crippen LogP contribution in [0.3, 0.4) is 0 Å². The monoisotopic (exact) mass is 280 g/mol. The quantitative estimate of drug-likeness (QED) is 0.730. The van der Waals surface area contributed by atoms with Gasteiger partial charge in [-0.05, 0) is 35.2 Å². The number of anilines is 1. The number of oxazole rings is 1. The zero-order valence-corrected chi connectivity index (χ0v) is 12.9. The summed E-state index contributed by atoms with van der Waals surface area (Å²) in [5, 5.41) is 3.10. The van der Waals surface area contributed by atoms with Crippen LogP contribution in [0.1, 0.15) is 26.3 Å². The lowest BCUT2D eigenvalue weighted by Gasteiger charge is -2.18. The van der Waals surface area contributed by atoms with Gasteiger partial charge in [-0.3, -0.25) is 0 Å². The molecule has 21 heavy (non-hydrogen) atoms. The van der Waals surface area contributed by atoms with Crippen molar-refractivity contribution in [1.29, 1.82) is 0 Å². The molecule has 2 aromatic carbocycles. The van der Waals surface area contributed by atoms with E-state index in [-0.39, 0.29) is 5.41 Å². The molecule has 108 valence electrons. The summed E-state index contributed by atoms with van der Waals surface area (Å²) >= 11 is 0. The molecular formula is C18H20N2O. The van der Waals surface area contributed by atoms with Crippen molar-refractivity contribution in [2.75, 3.05) is 12.4 Å². The molecule has 1 N–H and O–H groups in total. The summed E-state index contributed by atoms with van der Waals surface area (Å²) in [7, 11) is 1.89. The first kappa shape index (κ1) is 13.7. The molecule has 3 heteroatoms. The summed E-state index contributed by atoms with van der Waals surface area (Å²) in [6.45, 7) is 6.63. The van der Waals surface area contributed by atoms with Gasteiger partial charge in [0.25, 0.3) is 0 Å². The molecule has 3 aromatic rings. The highest BCUT2D eigenvalue weighted by Crippen LogP contribution is 2.28. The van der Waals surface area contributed by atoms with Gasteiger partial charge in [0.05, 0.1) is 0 Å². The molecule has 0 aliphatic heterocycles. The standard InChI is InChI=1S/C18H20N2O/c1-18(2,3)13-7-5-12(6-8-13)17-20-15-10-9-14(19-4)11-16(15)21-17/h5-11,19H,1-4H3. The van der Waals surface area contributed by atoms with Crippen LogP contribution in [0.25, 0.3) is 22.6 Å². The Labute approximate surface area is 125 Å².